The fraction of sp³-hybridized carbons (Fsp3) is 0.0714. The first-order valence-electron chi connectivity index (χ1n) is 10.8. The van der Waals surface area contributed by atoms with Crippen molar-refractivity contribution in [3.05, 3.63) is 96.1 Å². The maximum atomic E-state index is 13.6. The summed E-state index contributed by atoms with van der Waals surface area (Å²) in [6.07, 6.45) is 0. The number of benzene rings is 5. The number of aryl methyl sites for hydroxylation is 2. The van der Waals surface area contributed by atoms with Gasteiger partial charge in [0, 0.05) is 25.6 Å². The number of thiophene rings is 1. The Balaban J connectivity index is 1.65. The Bertz CT molecular complexity index is 1830. The van der Waals surface area contributed by atoms with Crippen molar-refractivity contribution in [2.24, 2.45) is 0 Å². The van der Waals surface area contributed by atoms with E-state index in [1.165, 1.54) is 15.5 Å². The average Bonchev–Trinajstić information content (AvgIpc) is 3.20. The normalized spacial score (nSPS) is 12.2. The first-order chi connectivity index (χ1) is 15.9. The summed E-state index contributed by atoms with van der Waals surface area (Å²) in [5.41, 5.74) is 2.60. The summed E-state index contributed by atoms with van der Waals surface area (Å²) < 4.78 is 32.2. The molecule has 33 heavy (non-hydrogen) atoms. The first kappa shape index (κ1) is 20.2. The molecule has 0 amide bonds. The molecule has 0 aliphatic heterocycles. The highest BCUT2D eigenvalue weighted by atomic mass is 32.2. The highest BCUT2D eigenvalue weighted by Crippen LogP contribution is 2.43. The Morgan fingerprint density at radius 3 is 2.24 bits per heavy atom. The van der Waals surface area contributed by atoms with Crippen LogP contribution in [0.2, 0.25) is 0 Å². The molecule has 0 unspecified atom stereocenters. The Labute approximate surface area is 196 Å². The van der Waals surface area contributed by atoms with E-state index in [0.29, 0.717) is 10.6 Å². The van der Waals surface area contributed by atoms with Gasteiger partial charge in [0.25, 0.3) is 10.0 Å². The van der Waals surface area contributed by atoms with E-state index in [9.17, 15) is 8.42 Å². The number of anilines is 1. The molecule has 0 saturated heterocycles. The van der Waals surface area contributed by atoms with Gasteiger partial charge in [0.2, 0.25) is 0 Å². The number of rotatable bonds is 3. The van der Waals surface area contributed by atoms with Crippen molar-refractivity contribution in [2.45, 2.75) is 18.7 Å². The molecule has 0 fully saturated rings. The third-order valence-electron chi connectivity index (χ3n) is 6.25. The smallest absolute Gasteiger partial charge is 0.262 e. The standard InChI is InChI=1S/C28H21NO2S2/c1-17-11-14-24(18(2)15-17)29-33(30,31)26-16-25-27(22-10-6-5-9-21(22)26)23-13-12-19-7-3-4-8-20(19)28(23)32-25/h3-16,29H,1-2H3. The van der Waals surface area contributed by atoms with Gasteiger partial charge in [-0.15, -0.1) is 11.3 Å². The molecule has 0 saturated carbocycles. The summed E-state index contributed by atoms with van der Waals surface area (Å²) in [7, 11) is -3.79. The fourth-order valence-electron chi connectivity index (χ4n) is 4.69. The Morgan fingerprint density at radius 2 is 1.45 bits per heavy atom. The van der Waals surface area contributed by atoms with Gasteiger partial charge >= 0.3 is 0 Å². The predicted molar refractivity (Wildman–Crippen MR) is 141 cm³/mol. The van der Waals surface area contributed by atoms with Crippen LogP contribution in [0.1, 0.15) is 11.1 Å². The van der Waals surface area contributed by atoms with E-state index in [1.807, 2.05) is 74.5 Å². The molecule has 0 spiro atoms. The Kier molecular flexibility index (Phi) is 4.47. The largest absolute Gasteiger partial charge is 0.279 e. The summed E-state index contributed by atoms with van der Waals surface area (Å²) >= 11 is 1.66. The van der Waals surface area contributed by atoms with Crippen molar-refractivity contribution < 1.29 is 8.42 Å². The number of fused-ring (bicyclic) bond motifs is 7. The van der Waals surface area contributed by atoms with Crippen LogP contribution in [0.5, 0.6) is 0 Å². The monoisotopic (exact) mass is 467 g/mol. The molecule has 1 heterocycles. The molecular formula is C28H21NO2S2. The van der Waals surface area contributed by atoms with Gasteiger partial charge in [-0.25, -0.2) is 8.42 Å². The Morgan fingerprint density at radius 1 is 0.727 bits per heavy atom. The van der Waals surface area contributed by atoms with Crippen LogP contribution >= 0.6 is 11.3 Å². The van der Waals surface area contributed by atoms with Crippen molar-refractivity contribution in [1.82, 2.24) is 0 Å². The van der Waals surface area contributed by atoms with Gasteiger partial charge in [-0.1, -0.05) is 78.4 Å². The maximum absolute atomic E-state index is 13.6. The molecule has 3 nitrogen and oxygen atoms in total. The number of nitrogens with one attached hydrogen (secondary N) is 1. The molecular weight excluding hydrogens is 446 g/mol. The van der Waals surface area contributed by atoms with Crippen LogP contribution in [0, 0.1) is 13.8 Å². The highest BCUT2D eigenvalue weighted by Gasteiger charge is 2.22. The van der Waals surface area contributed by atoms with E-state index in [0.717, 1.165) is 37.4 Å². The molecule has 0 atom stereocenters. The highest BCUT2D eigenvalue weighted by molar-refractivity contribution is 7.93. The van der Waals surface area contributed by atoms with Crippen molar-refractivity contribution in [3.8, 4) is 0 Å². The molecule has 6 aromatic rings. The van der Waals surface area contributed by atoms with Gasteiger partial charge in [-0.2, -0.15) is 0 Å². The minimum absolute atomic E-state index is 0.307. The zero-order chi connectivity index (χ0) is 22.7. The Hall–Kier alpha value is -3.41. The quantitative estimate of drug-likeness (QED) is 0.289. The van der Waals surface area contributed by atoms with E-state index in [-0.39, 0.29) is 0 Å². The predicted octanol–water partition coefficient (Wildman–Crippen LogP) is 7.78. The zero-order valence-electron chi connectivity index (χ0n) is 18.2. The van der Waals surface area contributed by atoms with Crippen LogP contribution in [0.3, 0.4) is 0 Å². The van der Waals surface area contributed by atoms with Gasteiger partial charge in [0.05, 0.1) is 10.6 Å². The van der Waals surface area contributed by atoms with Crippen LogP contribution in [-0.4, -0.2) is 8.42 Å². The summed E-state index contributed by atoms with van der Waals surface area (Å²) in [4.78, 5) is 0.307. The van der Waals surface area contributed by atoms with Gasteiger partial charge in [-0.05, 0) is 47.7 Å². The minimum Gasteiger partial charge on any atom is -0.279 e. The van der Waals surface area contributed by atoms with Gasteiger partial charge < -0.3 is 0 Å². The second-order valence-corrected chi connectivity index (χ2v) is 11.2. The molecule has 5 heteroatoms. The van der Waals surface area contributed by atoms with E-state index < -0.39 is 10.0 Å². The molecule has 162 valence electrons. The van der Waals surface area contributed by atoms with E-state index in [1.54, 1.807) is 11.3 Å². The topological polar surface area (TPSA) is 46.2 Å². The lowest BCUT2D eigenvalue weighted by Crippen LogP contribution is -2.14. The van der Waals surface area contributed by atoms with Crippen LogP contribution < -0.4 is 4.72 Å². The minimum atomic E-state index is -3.79. The van der Waals surface area contributed by atoms with E-state index >= 15 is 0 Å². The number of sulfonamides is 1. The fourth-order valence-corrected chi connectivity index (χ4v) is 7.42. The van der Waals surface area contributed by atoms with E-state index in [4.69, 9.17) is 0 Å². The van der Waals surface area contributed by atoms with Crippen LogP contribution in [-0.2, 0) is 10.0 Å². The van der Waals surface area contributed by atoms with Crippen molar-refractivity contribution in [2.75, 3.05) is 4.72 Å². The van der Waals surface area contributed by atoms with Gasteiger partial charge in [0.1, 0.15) is 0 Å². The molecule has 0 aliphatic rings. The maximum Gasteiger partial charge on any atom is 0.262 e. The summed E-state index contributed by atoms with van der Waals surface area (Å²) in [5.74, 6) is 0. The third-order valence-corrected chi connectivity index (χ3v) is 8.84. The molecule has 1 N–H and O–H groups in total. The van der Waals surface area contributed by atoms with Crippen LogP contribution in [0.25, 0.3) is 41.7 Å². The second kappa shape index (κ2) is 7.30. The third kappa shape index (κ3) is 3.19. The van der Waals surface area contributed by atoms with Crippen LogP contribution in [0.15, 0.2) is 89.8 Å². The lowest BCUT2D eigenvalue weighted by molar-refractivity contribution is 0.602. The van der Waals surface area contributed by atoms with Gasteiger partial charge in [0.15, 0.2) is 0 Å². The first-order valence-corrected chi connectivity index (χ1v) is 13.1. The van der Waals surface area contributed by atoms with Crippen LogP contribution in [0.4, 0.5) is 5.69 Å². The number of hydrogen-bond acceptors (Lipinski definition) is 3. The molecule has 0 radical (unpaired) electrons. The van der Waals surface area contributed by atoms with Gasteiger partial charge in [-0.3, -0.25) is 4.72 Å². The molecule has 5 aromatic carbocycles. The van der Waals surface area contributed by atoms with Crippen molar-refractivity contribution >= 4 is 68.8 Å². The molecule has 6 rings (SSSR count). The second-order valence-electron chi connectivity index (χ2n) is 8.48. The lowest BCUT2D eigenvalue weighted by atomic mass is 10.0. The lowest BCUT2D eigenvalue weighted by Gasteiger charge is -2.14. The zero-order valence-corrected chi connectivity index (χ0v) is 19.8. The summed E-state index contributed by atoms with van der Waals surface area (Å²) in [6, 6.07) is 28.0. The van der Waals surface area contributed by atoms with Crippen molar-refractivity contribution in [3.63, 3.8) is 0 Å². The summed E-state index contributed by atoms with van der Waals surface area (Å²) in [6.45, 7) is 3.92. The average molecular weight is 468 g/mol. The van der Waals surface area contributed by atoms with E-state index in [2.05, 4.69) is 29.0 Å². The van der Waals surface area contributed by atoms with Crippen molar-refractivity contribution in [1.29, 1.82) is 0 Å². The summed E-state index contributed by atoms with van der Waals surface area (Å²) in [5, 5.41) is 6.34. The number of hydrogen-bond donors (Lipinski definition) is 1. The SMILES string of the molecule is Cc1ccc(NS(=O)(=O)c2cc3sc4c5ccccc5ccc4c3c3ccccc23)c(C)c1. The molecule has 0 aliphatic carbocycles. The molecule has 1 aromatic heterocycles. The molecule has 0 bridgehead atoms.